The molecule has 1 fully saturated rings. The van der Waals surface area contributed by atoms with Crippen molar-refractivity contribution in [1.29, 1.82) is 5.26 Å². The molecule has 10 nitrogen and oxygen atoms in total. The molecule has 2 unspecified atom stereocenters. The van der Waals surface area contributed by atoms with Crippen LogP contribution >= 0.6 is 0 Å². The Hall–Kier alpha value is -4.30. The van der Waals surface area contributed by atoms with Crippen molar-refractivity contribution in [2.45, 2.75) is 76.3 Å². The fourth-order valence-corrected chi connectivity index (χ4v) is 7.03. The van der Waals surface area contributed by atoms with E-state index in [0.29, 0.717) is 36.4 Å². The molecule has 0 bridgehead atoms. The van der Waals surface area contributed by atoms with Gasteiger partial charge in [-0.05, 0) is 12.8 Å². The van der Waals surface area contributed by atoms with Gasteiger partial charge in [-0.2, -0.15) is 5.26 Å². The van der Waals surface area contributed by atoms with Crippen molar-refractivity contribution in [3.05, 3.63) is 81.4 Å². The third kappa shape index (κ3) is 6.61. The minimum atomic E-state index is -0.811. The summed E-state index contributed by atoms with van der Waals surface area (Å²) >= 11 is 0. The number of aromatic amines is 1. The maximum atomic E-state index is 13.2. The van der Waals surface area contributed by atoms with Crippen LogP contribution in [0, 0.1) is 11.3 Å². The molecule has 2 aliphatic rings. The molecule has 11 heteroatoms. The van der Waals surface area contributed by atoms with E-state index in [2.05, 4.69) is 61.5 Å². The number of carbonyl (C=O) groups is 2. The molecular weight excluding hydrogens is 587 g/mol. The number of carbonyl (C=O) groups excluding carboxylic acids is 2. The van der Waals surface area contributed by atoms with Gasteiger partial charge in [0.1, 0.15) is 6.04 Å². The number of hydrogen-bond acceptors (Lipinski definition) is 7. The average molecular weight is 634 g/mol. The molecule has 1 radical (unpaired) electrons. The molecule has 0 saturated carbocycles. The second-order valence-electron chi connectivity index (χ2n) is 13.7. The molecule has 1 saturated heterocycles. The van der Waals surface area contributed by atoms with Crippen LogP contribution in [-0.4, -0.2) is 108 Å². The number of nitrogens with zero attached hydrogens (tertiary/aromatic N) is 6. The van der Waals surface area contributed by atoms with Crippen molar-refractivity contribution in [1.82, 2.24) is 35.2 Å². The normalized spacial score (nSPS) is 19.4. The van der Waals surface area contributed by atoms with Gasteiger partial charge in [0.25, 0.3) is 0 Å². The Kier molecular flexibility index (Phi) is 10.0. The fraction of sp³-hybridized carbons (Fsp3) is 0.500. The van der Waals surface area contributed by atoms with Gasteiger partial charge >= 0.3 is 243 Å². The Morgan fingerprint density at radius 1 is 1.06 bits per heavy atom. The van der Waals surface area contributed by atoms with Gasteiger partial charge in [-0.25, -0.2) is 0 Å². The first-order chi connectivity index (χ1) is 22.4. The van der Waals surface area contributed by atoms with Crippen molar-refractivity contribution < 1.29 is 9.59 Å². The zero-order valence-corrected chi connectivity index (χ0v) is 28.7. The van der Waals surface area contributed by atoms with Gasteiger partial charge in [-0.15, -0.1) is 0 Å². The predicted molar refractivity (Wildman–Crippen MR) is 185 cm³/mol. The predicted octanol–water partition coefficient (Wildman–Crippen LogP) is 3.15. The molecule has 3 atom stereocenters. The van der Waals surface area contributed by atoms with E-state index >= 15 is 0 Å². The number of nitriles is 1. The van der Waals surface area contributed by atoms with Gasteiger partial charge in [-0.3, -0.25) is 0 Å². The number of likely N-dealkylation sites (tertiary alicyclic amines) is 1. The van der Waals surface area contributed by atoms with Crippen molar-refractivity contribution in [3.8, 4) is 6.07 Å². The summed E-state index contributed by atoms with van der Waals surface area (Å²) in [6, 6.07) is 14.1. The molecule has 1 aliphatic carbocycles. The van der Waals surface area contributed by atoms with Crippen LogP contribution in [0.25, 0.3) is 0 Å². The van der Waals surface area contributed by atoms with E-state index in [4.69, 9.17) is 17.6 Å². The van der Waals surface area contributed by atoms with Crippen LogP contribution in [0.2, 0.25) is 0 Å². The van der Waals surface area contributed by atoms with Crippen LogP contribution in [0.4, 0.5) is 0 Å². The summed E-state index contributed by atoms with van der Waals surface area (Å²) in [5.41, 5.74) is 5.75. The first-order valence-corrected chi connectivity index (χ1v) is 16.5. The van der Waals surface area contributed by atoms with Gasteiger partial charge in [0.15, 0.2) is 0 Å². The molecule has 1 aliphatic heterocycles. The van der Waals surface area contributed by atoms with E-state index in [1.54, 1.807) is 23.9 Å². The van der Waals surface area contributed by atoms with E-state index in [0.717, 1.165) is 52.9 Å². The van der Waals surface area contributed by atoms with Gasteiger partial charge in [0, 0.05) is 6.54 Å². The summed E-state index contributed by atoms with van der Waals surface area (Å²) in [6.45, 7) is 6.98. The van der Waals surface area contributed by atoms with Gasteiger partial charge < -0.3 is 0 Å². The second kappa shape index (κ2) is 13.8. The Labute approximate surface area is 279 Å². The zero-order valence-electron chi connectivity index (χ0n) is 28.7. The summed E-state index contributed by atoms with van der Waals surface area (Å²) in [6.07, 6.45) is 3.56. The van der Waals surface area contributed by atoms with Crippen LogP contribution < -0.4 is 5.32 Å². The molecule has 5 rings (SSSR count). The fourth-order valence-electron chi connectivity index (χ4n) is 7.03. The number of rotatable bonds is 10. The quantitative estimate of drug-likeness (QED) is 0.329. The minimum absolute atomic E-state index is 0.0538. The number of hydrogen-bond donors (Lipinski definition) is 2. The van der Waals surface area contributed by atoms with Gasteiger partial charge in [0.05, 0.1) is 6.07 Å². The van der Waals surface area contributed by atoms with Gasteiger partial charge in [-0.1, -0.05) is 0 Å². The van der Waals surface area contributed by atoms with Crippen molar-refractivity contribution >= 4 is 24.9 Å². The summed E-state index contributed by atoms with van der Waals surface area (Å²) in [5.74, 6) is 1.46. The number of aryl methyl sites for hydroxylation is 2. The Morgan fingerprint density at radius 2 is 1.70 bits per heavy atom. The number of amides is 2. The Balaban J connectivity index is 1.66. The van der Waals surface area contributed by atoms with Crippen LogP contribution in [0.15, 0.2) is 36.4 Å². The summed E-state index contributed by atoms with van der Waals surface area (Å²) < 4.78 is 0. The van der Waals surface area contributed by atoms with E-state index < -0.39 is 5.41 Å². The Morgan fingerprint density at radius 3 is 2.28 bits per heavy atom. The standard InChI is InChI=1S/C36H46BN8O2/c1-22(2)33-40-35(42-41-33)36(19-23(3)39-21-31(46)45-16-8-9-28(45)20-38)29-14-12-26(32(37)43(4)5)17-24(29)10-11-25-18-27(13-15-30(25)36)34(47)44(6)7/h12-15,17-18,22-23,28,39H,8-11,16,19,21H2,1-7H3,(H,40,41,42)/t23-,28?,36?/m0/s1. The number of H-pyrrole nitrogens is 1. The topological polar surface area (TPSA) is 121 Å². The van der Waals surface area contributed by atoms with Gasteiger partial charge in [0.2, 0.25) is 0 Å². The van der Waals surface area contributed by atoms with E-state index in [1.807, 2.05) is 31.1 Å². The Bertz CT molecular complexity index is 1630. The third-order valence-electron chi connectivity index (χ3n) is 9.59. The van der Waals surface area contributed by atoms with Crippen LogP contribution in [0.5, 0.6) is 0 Å². The number of benzene rings is 2. The number of fused-ring (bicyclic) bond motifs is 2. The summed E-state index contributed by atoms with van der Waals surface area (Å²) in [5, 5.41) is 21.1. The van der Waals surface area contributed by atoms with Crippen LogP contribution in [-0.2, 0) is 23.1 Å². The molecule has 2 amide bonds. The van der Waals surface area contributed by atoms with Crippen molar-refractivity contribution in [2.24, 2.45) is 0 Å². The first-order valence-electron chi connectivity index (χ1n) is 16.5. The zero-order chi connectivity index (χ0) is 34.0. The molecule has 2 heterocycles. The third-order valence-corrected chi connectivity index (χ3v) is 9.59. The first kappa shape index (κ1) is 34.1. The molecule has 47 heavy (non-hydrogen) atoms. The summed E-state index contributed by atoms with van der Waals surface area (Å²) in [4.78, 5) is 36.7. The van der Waals surface area contributed by atoms with Crippen LogP contribution in [0.3, 0.4) is 0 Å². The second-order valence-corrected chi connectivity index (χ2v) is 13.7. The molecule has 2 N–H and O–H groups in total. The molecule has 245 valence electrons. The number of nitrogens with one attached hydrogen (secondary N) is 2. The van der Waals surface area contributed by atoms with E-state index in [-0.39, 0.29) is 36.4 Å². The van der Waals surface area contributed by atoms with E-state index in [1.165, 1.54) is 0 Å². The SMILES string of the molecule is [B]=C(c1ccc2c(c1)CCc1cc(C(=O)N(C)C)ccc1C2(C[C@H](C)NCC(=O)N1CCCC1C#N)c1n[nH]c(C(C)C)n1)N(C)C. The molecule has 0 spiro atoms. The van der Waals surface area contributed by atoms with E-state index in [9.17, 15) is 14.9 Å². The average Bonchev–Trinajstić information content (AvgIpc) is 3.73. The molecule has 2 aromatic carbocycles. The number of aromatic nitrogens is 3. The van der Waals surface area contributed by atoms with Crippen molar-refractivity contribution in [3.63, 3.8) is 0 Å². The summed E-state index contributed by atoms with van der Waals surface area (Å²) in [7, 11) is 13.9. The molecular formula is C36H46BN8O2. The molecule has 1 aromatic heterocycles. The van der Waals surface area contributed by atoms with Crippen molar-refractivity contribution in [2.75, 3.05) is 41.3 Å². The molecule has 3 aromatic rings. The van der Waals surface area contributed by atoms with Crippen LogP contribution in [0.1, 0.15) is 95.8 Å². The monoisotopic (exact) mass is 633 g/mol. The maximum absolute atomic E-state index is 13.2.